The lowest BCUT2D eigenvalue weighted by Gasteiger charge is -2.28. The molecule has 1 aromatic carbocycles. The lowest BCUT2D eigenvalue weighted by Crippen LogP contribution is -2.44. The number of benzene rings is 1. The van der Waals surface area contributed by atoms with Gasteiger partial charge in [-0.1, -0.05) is 30.3 Å². The van der Waals surface area contributed by atoms with Crippen LogP contribution in [0.1, 0.15) is 19.4 Å². The second-order valence-electron chi connectivity index (χ2n) is 6.08. The Balaban J connectivity index is 1.71. The van der Waals surface area contributed by atoms with E-state index in [1.54, 1.807) is 13.8 Å². The first-order valence-corrected chi connectivity index (χ1v) is 7.46. The summed E-state index contributed by atoms with van der Waals surface area (Å²) < 4.78 is 23.1. The lowest BCUT2D eigenvalue weighted by atomic mass is 10.1. The van der Waals surface area contributed by atoms with Crippen molar-refractivity contribution in [3.05, 3.63) is 35.9 Å². The molecule has 2 aliphatic rings. The van der Waals surface area contributed by atoms with E-state index in [-0.39, 0.29) is 0 Å². The Labute approximate surface area is 129 Å². The van der Waals surface area contributed by atoms with Gasteiger partial charge in [-0.2, -0.15) is 0 Å². The molecule has 0 aromatic heterocycles. The van der Waals surface area contributed by atoms with Crippen molar-refractivity contribution in [1.29, 1.82) is 0 Å². The summed E-state index contributed by atoms with van der Waals surface area (Å²) in [6.07, 6.45) is -3.25. The molecule has 2 aliphatic heterocycles. The molecule has 0 aliphatic carbocycles. The number of ether oxygens (including phenoxy) is 4. The minimum absolute atomic E-state index is 0.372. The van der Waals surface area contributed by atoms with Gasteiger partial charge in [0.25, 0.3) is 0 Å². The zero-order valence-corrected chi connectivity index (χ0v) is 12.7. The lowest BCUT2D eigenvalue weighted by molar-refractivity contribution is -0.232. The van der Waals surface area contributed by atoms with Gasteiger partial charge < -0.3 is 29.2 Å². The maximum Gasteiger partial charge on any atom is 0.190 e. The molecule has 0 spiro atoms. The normalized spacial score (nSPS) is 34.5. The van der Waals surface area contributed by atoms with Crippen LogP contribution in [0.2, 0.25) is 0 Å². The Morgan fingerprint density at radius 1 is 1.23 bits per heavy atom. The van der Waals surface area contributed by atoms with Gasteiger partial charge in [-0.3, -0.25) is 0 Å². The van der Waals surface area contributed by atoms with Gasteiger partial charge in [-0.15, -0.1) is 0 Å². The number of rotatable bonds is 5. The van der Waals surface area contributed by atoms with Crippen molar-refractivity contribution in [2.75, 3.05) is 6.61 Å². The van der Waals surface area contributed by atoms with Crippen LogP contribution in [-0.2, 0) is 25.6 Å². The predicted octanol–water partition coefficient (Wildman–Crippen LogP) is 0.801. The van der Waals surface area contributed by atoms with Crippen LogP contribution in [0, 0.1) is 0 Å². The summed E-state index contributed by atoms with van der Waals surface area (Å²) in [5.41, 5.74) is 1.02. The number of hydrogen-bond acceptors (Lipinski definition) is 6. The fourth-order valence-electron chi connectivity index (χ4n) is 2.87. The second kappa shape index (κ2) is 6.23. The molecule has 0 radical (unpaired) electrons. The third-order valence-electron chi connectivity index (χ3n) is 3.88. The molecule has 2 heterocycles. The fraction of sp³-hybridized carbons (Fsp3) is 0.625. The largest absolute Gasteiger partial charge is 0.394 e. The molecule has 1 aromatic rings. The standard InChI is InChI=1S/C16H22O6/c1-16(2)21-14-13(19-9-10-6-4-3-5-7-10)12(11(18)8-17)20-15(14)22-16/h3-7,11-15,17-18H,8-9H2,1-2H3/t11-,12-,13-,14?,15-/m1/s1. The van der Waals surface area contributed by atoms with E-state index >= 15 is 0 Å². The highest BCUT2D eigenvalue weighted by Gasteiger charge is 2.56. The van der Waals surface area contributed by atoms with E-state index < -0.39 is 43.1 Å². The van der Waals surface area contributed by atoms with Gasteiger partial charge in [-0.25, -0.2) is 0 Å². The average molecular weight is 310 g/mol. The quantitative estimate of drug-likeness (QED) is 0.838. The van der Waals surface area contributed by atoms with Gasteiger partial charge >= 0.3 is 0 Å². The second-order valence-corrected chi connectivity index (χ2v) is 6.08. The summed E-state index contributed by atoms with van der Waals surface area (Å²) in [5, 5.41) is 19.1. The van der Waals surface area contributed by atoms with Gasteiger partial charge in [0.2, 0.25) is 0 Å². The molecule has 3 rings (SSSR count). The first kappa shape index (κ1) is 15.9. The van der Waals surface area contributed by atoms with E-state index in [4.69, 9.17) is 18.9 Å². The van der Waals surface area contributed by atoms with Crippen LogP contribution in [0.4, 0.5) is 0 Å². The Kier molecular flexibility index (Phi) is 4.49. The zero-order chi connectivity index (χ0) is 15.7. The van der Waals surface area contributed by atoms with E-state index in [1.807, 2.05) is 30.3 Å². The Bertz CT molecular complexity index is 491. The molecule has 122 valence electrons. The van der Waals surface area contributed by atoms with E-state index in [1.165, 1.54) is 0 Å². The van der Waals surface area contributed by atoms with E-state index in [0.29, 0.717) is 6.61 Å². The Morgan fingerprint density at radius 2 is 1.95 bits per heavy atom. The van der Waals surface area contributed by atoms with Crippen LogP contribution in [-0.4, -0.2) is 53.3 Å². The van der Waals surface area contributed by atoms with Crippen LogP contribution < -0.4 is 0 Å². The minimum Gasteiger partial charge on any atom is -0.394 e. The van der Waals surface area contributed by atoms with E-state index in [0.717, 1.165) is 5.56 Å². The molecule has 6 heteroatoms. The van der Waals surface area contributed by atoms with Crippen molar-refractivity contribution in [3.63, 3.8) is 0 Å². The van der Waals surface area contributed by atoms with Gasteiger partial charge in [-0.05, 0) is 19.4 Å². The number of aliphatic hydroxyl groups is 2. The summed E-state index contributed by atoms with van der Waals surface area (Å²) in [6.45, 7) is 3.58. The van der Waals surface area contributed by atoms with Crippen molar-refractivity contribution in [1.82, 2.24) is 0 Å². The van der Waals surface area contributed by atoms with Crippen LogP contribution >= 0.6 is 0 Å². The van der Waals surface area contributed by atoms with Crippen LogP contribution in [0.25, 0.3) is 0 Å². The molecule has 22 heavy (non-hydrogen) atoms. The highest BCUT2D eigenvalue weighted by molar-refractivity contribution is 5.13. The smallest absolute Gasteiger partial charge is 0.190 e. The van der Waals surface area contributed by atoms with Gasteiger partial charge in [0.05, 0.1) is 13.2 Å². The fourth-order valence-corrected chi connectivity index (χ4v) is 2.87. The van der Waals surface area contributed by atoms with Crippen LogP contribution in [0.3, 0.4) is 0 Å². The summed E-state index contributed by atoms with van der Waals surface area (Å²) in [6, 6.07) is 9.73. The maximum absolute atomic E-state index is 9.94. The predicted molar refractivity (Wildman–Crippen MR) is 76.8 cm³/mol. The first-order valence-electron chi connectivity index (χ1n) is 7.46. The minimum atomic E-state index is -1.04. The van der Waals surface area contributed by atoms with Crippen molar-refractivity contribution >= 4 is 0 Å². The molecule has 2 N–H and O–H groups in total. The maximum atomic E-state index is 9.94. The van der Waals surface area contributed by atoms with Gasteiger partial charge in [0.1, 0.15) is 24.4 Å². The van der Waals surface area contributed by atoms with Crippen molar-refractivity contribution in [3.8, 4) is 0 Å². The number of hydrogen-bond donors (Lipinski definition) is 2. The molecule has 6 nitrogen and oxygen atoms in total. The monoisotopic (exact) mass is 310 g/mol. The summed E-state index contributed by atoms with van der Waals surface area (Å²) in [7, 11) is 0. The molecule has 5 atom stereocenters. The van der Waals surface area contributed by atoms with Crippen molar-refractivity contribution < 1.29 is 29.2 Å². The molecule has 1 unspecified atom stereocenters. The Hall–Kier alpha value is -1.02. The van der Waals surface area contributed by atoms with Gasteiger partial charge in [0, 0.05) is 0 Å². The molecular formula is C16H22O6. The number of fused-ring (bicyclic) bond motifs is 1. The van der Waals surface area contributed by atoms with Crippen molar-refractivity contribution in [2.45, 2.75) is 56.9 Å². The third kappa shape index (κ3) is 3.17. The highest BCUT2D eigenvalue weighted by atomic mass is 16.8. The van der Waals surface area contributed by atoms with E-state index in [2.05, 4.69) is 0 Å². The van der Waals surface area contributed by atoms with Crippen LogP contribution in [0.15, 0.2) is 30.3 Å². The number of aliphatic hydroxyl groups excluding tert-OH is 2. The molecule has 2 saturated heterocycles. The highest BCUT2D eigenvalue weighted by Crippen LogP contribution is 2.39. The molecule has 0 amide bonds. The summed E-state index contributed by atoms with van der Waals surface area (Å²) in [4.78, 5) is 0. The average Bonchev–Trinajstić information content (AvgIpc) is 2.97. The van der Waals surface area contributed by atoms with Gasteiger partial charge in [0.15, 0.2) is 12.1 Å². The third-order valence-corrected chi connectivity index (χ3v) is 3.88. The topological polar surface area (TPSA) is 77.4 Å². The molecule has 0 bridgehead atoms. The first-order chi connectivity index (χ1) is 10.5. The van der Waals surface area contributed by atoms with E-state index in [9.17, 15) is 10.2 Å². The molecule has 2 fully saturated rings. The van der Waals surface area contributed by atoms with Crippen LogP contribution in [0.5, 0.6) is 0 Å². The summed E-state index contributed by atoms with van der Waals surface area (Å²) in [5.74, 6) is -0.751. The molecular weight excluding hydrogens is 288 g/mol. The molecule has 0 saturated carbocycles. The Morgan fingerprint density at radius 3 is 2.64 bits per heavy atom. The SMILES string of the molecule is CC1(C)OC2[C@H](O[C@H]([C@H](O)CO)[C@H]2OCc2ccccc2)O1. The van der Waals surface area contributed by atoms with Crippen molar-refractivity contribution in [2.24, 2.45) is 0 Å². The summed E-state index contributed by atoms with van der Waals surface area (Å²) >= 11 is 0. The zero-order valence-electron chi connectivity index (χ0n) is 12.7.